The van der Waals surface area contributed by atoms with Crippen molar-refractivity contribution in [3.8, 4) is 0 Å². The van der Waals surface area contributed by atoms with Crippen molar-refractivity contribution >= 4 is 28.4 Å². The Kier molecular flexibility index (Phi) is 3.92. The van der Waals surface area contributed by atoms with Crippen LogP contribution in [-0.4, -0.2) is 14.4 Å². The molecular weight excluding hydrogens is 282 g/mol. The highest BCUT2D eigenvalue weighted by atomic mass is 32.1. The molecule has 0 unspecified atom stereocenters. The van der Waals surface area contributed by atoms with Crippen LogP contribution in [0.2, 0.25) is 0 Å². The summed E-state index contributed by atoms with van der Waals surface area (Å²) in [5.74, 6) is 0. The second-order valence-corrected chi connectivity index (χ2v) is 5.55. The Morgan fingerprint density at radius 2 is 2.24 bits per heavy atom. The minimum atomic E-state index is 0.0313. The second kappa shape index (κ2) is 6.01. The number of nitrogens with zero attached hydrogens (tertiary/aromatic N) is 3. The van der Waals surface area contributed by atoms with Gasteiger partial charge in [-0.15, -0.1) is 11.3 Å². The summed E-state index contributed by atoms with van der Waals surface area (Å²) in [4.78, 5) is 22.1. The molecule has 0 N–H and O–H groups in total. The van der Waals surface area contributed by atoms with E-state index in [2.05, 4.69) is 16.9 Å². The van der Waals surface area contributed by atoms with Crippen LogP contribution in [0.4, 0.5) is 0 Å². The predicted molar refractivity (Wildman–Crippen MR) is 86.5 cm³/mol. The van der Waals surface area contributed by atoms with Crippen molar-refractivity contribution in [2.24, 2.45) is 0 Å². The van der Waals surface area contributed by atoms with Crippen molar-refractivity contribution in [2.45, 2.75) is 19.8 Å². The quantitative estimate of drug-likeness (QED) is 0.742. The van der Waals surface area contributed by atoms with Gasteiger partial charge in [0.15, 0.2) is 4.96 Å². The van der Waals surface area contributed by atoms with E-state index >= 15 is 0 Å². The average Bonchev–Trinajstić information content (AvgIpc) is 2.98. The fourth-order valence-electron chi connectivity index (χ4n) is 2.19. The maximum absolute atomic E-state index is 12.5. The zero-order valence-electron chi connectivity index (χ0n) is 11.7. The summed E-state index contributed by atoms with van der Waals surface area (Å²) in [5, 5.41) is 1.88. The van der Waals surface area contributed by atoms with Gasteiger partial charge in [-0.05, 0) is 30.7 Å². The van der Waals surface area contributed by atoms with E-state index < -0.39 is 0 Å². The second-order valence-electron chi connectivity index (χ2n) is 4.67. The van der Waals surface area contributed by atoms with E-state index in [-0.39, 0.29) is 5.56 Å². The first kappa shape index (κ1) is 13.7. The first-order chi connectivity index (χ1) is 10.3. The molecule has 0 bridgehead atoms. The molecule has 0 saturated carbocycles. The molecule has 0 aliphatic carbocycles. The van der Waals surface area contributed by atoms with Gasteiger partial charge in [0.2, 0.25) is 0 Å². The van der Waals surface area contributed by atoms with Gasteiger partial charge >= 0.3 is 0 Å². The Labute approximate surface area is 126 Å². The molecule has 0 aromatic carbocycles. The first-order valence-electron chi connectivity index (χ1n) is 6.87. The fourth-order valence-corrected chi connectivity index (χ4v) is 2.91. The molecule has 0 spiro atoms. The van der Waals surface area contributed by atoms with Crippen LogP contribution in [0.3, 0.4) is 0 Å². The van der Waals surface area contributed by atoms with Crippen LogP contribution in [0.5, 0.6) is 0 Å². The topological polar surface area (TPSA) is 47.3 Å². The van der Waals surface area contributed by atoms with Gasteiger partial charge in [-0.25, -0.2) is 4.98 Å². The zero-order chi connectivity index (χ0) is 14.7. The van der Waals surface area contributed by atoms with Crippen LogP contribution >= 0.6 is 11.3 Å². The minimum Gasteiger partial charge on any atom is -0.269 e. The zero-order valence-corrected chi connectivity index (χ0v) is 12.5. The number of thiazole rings is 1. The van der Waals surface area contributed by atoms with Gasteiger partial charge in [0.25, 0.3) is 5.56 Å². The summed E-state index contributed by atoms with van der Waals surface area (Å²) in [7, 11) is 0. The van der Waals surface area contributed by atoms with Crippen LogP contribution in [0.25, 0.3) is 17.1 Å². The van der Waals surface area contributed by atoms with E-state index in [0.717, 1.165) is 34.8 Å². The minimum absolute atomic E-state index is 0.0313. The SMILES string of the molecule is CCCc1c(C=Cc2ccccn2)nc2sccn2c1=O. The van der Waals surface area contributed by atoms with Crippen LogP contribution in [0, 0.1) is 0 Å². The lowest BCUT2D eigenvalue weighted by Gasteiger charge is -2.04. The maximum Gasteiger partial charge on any atom is 0.262 e. The highest BCUT2D eigenvalue weighted by Gasteiger charge is 2.10. The molecule has 106 valence electrons. The van der Waals surface area contributed by atoms with Gasteiger partial charge in [-0.1, -0.05) is 19.4 Å². The summed E-state index contributed by atoms with van der Waals surface area (Å²) < 4.78 is 1.62. The van der Waals surface area contributed by atoms with Crippen molar-refractivity contribution in [1.82, 2.24) is 14.4 Å². The van der Waals surface area contributed by atoms with Crippen LogP contribution in [0.1, 0.15) is 30.3 Å². The number of hydrogen-bond acceptors (Lipinski definition) is 4. The first-order valence-corrected chi connectivity index (χ1v) is 7.75. The number of hydrogen-bond donors (Lipinski definition) is 0. The van der Waals surface area contributed by atoms with Gasteiger partial charge < -0.3 is 0 Å². The van der Waals surface area contributed by atoms with Gasteiger partial charge in [-0.2, -0.15) is 0 Å². The van der Waals surface area contributed by atoms with Gasteiger partial charge in [0.1, 0.15) is 0 Å². The number of rotatable bonds is 4. The van der Waals surface area contributed by atoms with E-state index in [1.807, 2.05) is 35.7 Å². The normalized spacial score (nSPS) is 11.5. The molecule has 3 aromatic rings. The number of pyridine rings is 1. The number of fused-ring (bicyclic) bond motifs is 1. The Morgan fingerprint density at radius 3 is 3.00 bits per heavy atom. The Hall–Kier alpha value is -2.27. The molecule has 0 atom stereocenters. The Morgan fingerprint density at radius 1 is 1.33 bits per heavy atom. The molecule has 21 heavy (non-hydrogen) atoms. The molecule has 4 nitrogen and oxygen atoms in total. The standard InChI is InChI=1S/C16H15N3OS/c1-2-5-13-14(8-7-12-6-3-4-9-17-12)18-16-19(15(13)20)10-11-21-16/h3-4,6-11H,2,5H2,1H3. The molecule has 0 amide bonds. The highest BCUT2D eigenvalue weighted by Crippen LogP contribution is 2.14. The third-order valence-electron chi connectivity index (χ3n) is 3.19. The third kappa shape index (κ3) is 2.78. The molecule has 0 aliphatic rings. The highest BCUT2D eigenvalue weighted by molar-refractivity contribution is 7.15. The molecule has 0 radical (unpaired) electrons. The summed E-state index contributed by atoms with van der Waals surface area (Å²) in [6, 6.07) is 5.74. The van der Waals surface area contributed by atoms with Crippen LogP contribution < -0.4 is 5.56 Å². The van der Waals surface area contributed by atoms with Gasteiger partial charge in [0.05, 0.1) is 11.4 Å². The molecular formula is C16H15N3OS. The molecule has 3 aromatic heterocycles. The van der Waals surface area contributed by atoms with Crippen LogP contribution in [-0.2, 0) is 6.42 Å². The largest absolute Gasteiger partial charge is 0.269 e. The van der Waals surface area contributed by atoms with Gasteiger partial charge in [0, 0.05) is 23.3 Å². The fraction of sp³-hybridized carbons (Fsp3) is 0.188. The van der Waals surface area contributed by atoms with Crippen molar-refractivity contribution in [3.63, 3.8) is 0 Å². The van der Waals surface area contributed by atoms with Crippen molar-refractivity contribution < 1.29 is 0 Å². The summed E-state index contributed by atoms with van der Waals surface area (Å²) in [6.07, 6.45) is 8.95. The van der Waals surface area contributed by atoms with Crippen molar-refractivity contribution in [3.05, 3.63) is 63.3 Å². The van der Waals surface area contributed by atoms with Crippen molar-refractivity contribution in [2.75, 3.05) is 0 Å². The molecule has 0 aliphatic heterocycles. The molecule has 5 heteroatoms. The molecule has 3 rings (SSSR count). The molecule has 0 fully saturated rings. The Balaban J connectivity index is 2.10. The smallest absolute Gasteiger partial charge is 0.262 e. The van der Waals surface area contributed by atoms with E-state index in [1.54, 1.807) is 16.8 Å². The molecule has 3 heterocycles. The summed E-state index contributed by atoms with van der Waals surface area (Å²) >= 11 is 1.47. The van der Waals surface area contributed by atoms with Gasteiger partial charge in [-0.3, -0.25) is 14.2 Å². The van der Waals surface area contributed by atoms with E-state index in [0.29, 0.717) is 0 Å². The van der Waals surface area contributed by atoms with E-state index in [9.17, 15) is 4.79 Å². The lowest BCUT2D eigenvalue weighted by molar-refractivity contribution is 0.875. The third-order valence-corrected chi connectivity index (χ3v) is 3.95. The van der Waals surface area contributed by atoms with Crippen molar-refractivity contribution in [1.29, 1.82) is 0 Å². The summed E-state index contributed by atoms with van der Waals surface area (Å²) in [5.41, 5.74) is 2.40. The summed E-state index contributed by atoms with van der Waals surface area (Å²) in [6.45, 7) is 2.06. The maximum atomic E-state index is 12.5. The van der Waals surface area contributed by atoms with E-state index in [1.165, 1.54) is 11.3 Å². The predicted octanol–water partition coefficient (Wildman–Crippen LogP) is 3.27. The average molecular weight is 297 g/mol. The Bertz CT molecular complexity index is 834. The van der Waals surface area contributed by atoms with Crippen LogP contribution in [0.15, 0.2) is 40.8 Å². The lowest BCUT2D eigenvalue weighted by Crippen LogP contribution is -2.19. The lowest BCUT2D eigenvalue weighted by atomic mass is 10.1. The molecule has 0 saturated heterocycles. The monoisotopic (exact) mass is 297 g/mol. The van der Waals surface area contributed by atoms with E-state index in [4.69, 9.17) is 0 Å². The number of aromatic nitrogens is 3.